The van der Waals surface area contributed by atoms with Crippen molar-refractivity contribution in [2.45, 2.75) is 13.5 Å². The summed E-state index contributed by atoms with van der Waals surface area (Å²) in [4.78, 5) is 40.9. The molecule has 9 heteroatoms. The fourth-order valence-corrected chi connectivity index (χ4v) is 3.44. The highest BCUT2D eigenvalue weighted by Crippen LogP contribution is 2.12. The lowest BCUT2D eigenvalue weighted by Gasteiger charge is -2.34. The Morgan fingerprint density at radius 1 is 1.00 bits per heavy atom. The number of hydrogen-bond donors (Lipinski definition) is 1. The van der Waals surface area contributed by atoms with E-state index in [-0.39, 0.29) is 24.0 Å². The Morgan fingerprint density at radius 3 is 2.50 bits per heavy atom. The van der Waals surface area contributed by atoms with Crippen molar-refractivity contribution < 1.29 is 9.59 Å². The van der Waals surface area contributed by atoms with Gasteiger partial charge < -0.3 is 15.1 Å². The highest BCUT2D eigenvalue weighted by molar-refractivity contribution is 5.89. The van der Waals surface area contributed by atoms with Crippen LogP contribution in [0.5, 0.6) is 0 Å². The summed E-state index contributed by atoms with van der Waals surface area (Å²) in [5.74, 6) is -0.222. The monoisotopic (exact) mass is 406 g/mol. The van der Waals surface area contributed by atoms with Crippen LogP contribution < -0.4 is 10.9 Å². The van der Waals surface area contributed by atoms with Crippen LogP contribution in [0.25, 0.3) is 10.9 Å². The number of aromatic nitrogens is 3. The Morgan fingerprint density at radius 2 is 1.73 bits per heavy atom. The number of carbonyl (C=O) groups excluding carboxylic acids is 2. The third-order valence-electron chi connectivity index (χ3n) is 5.10. The van der Waals surface area contributed by atoms with E-state index >= 15 is 0 Å². The van der Waals surface area contributed by atoms with E-state index in [9.17, 15) is 14.4 Å². The summed E-state index contributed by atoms with van der Waals surface area (Å²) in [6, 6.07) is 14.3. The molecule has 0 unspecified atom stereocenters. The summed E-state index contributed by atoms with van der Waals surface area (Å²) in [5.41, 5.74) is 1.97. The molecular weight excluding hydrogens is 384 g/mol. The van der Waals surface area contributed by atoms with E-state index < -0.39 is 0 Å². The second-order valence-electron chi connectivity index (χ2n) is 7.24. The van der Waals surface area contributed by atoms with Crippen LogP contribution >= 0.6 is 0 Å². The number of nitrogens with one attached hydrogen (secondary N) is 1. The first kappa shape index (κ1) is 19.6. The summed E-state index contributed by atoms with van der Waals surface area (Å²) in [5, 5.41) is 11.2. The van der Waals surface area contributed by atoms with Gasteiger partial charge in [0.25, 0.3) is 5.56 Å². The number of anilines is 1. The molecule has 0 aliphatic carbocycles. The lowest BCUT2D eigenvalue weighted by atomic mass is 10.2. The lowest BCUT2D eigenvalue weighted by Crippen LogP contribution is -2.52. The molecule has 0 bridgehead atoms. The topological polar surface area (TPSA) is 100 Å². The van der Waals surface area contributed by atoms with Crippen molar-refractivity contribution in [1.29, 1.82) is 0 Å². The van der Waals surface area contributed by atoms with Crippen LogP contribution in [-0.2, 0) is 11.3 Å². The standard InChI is InChI=1S/C21H22N6O3/c1-15-5-4-6-16(13-15)22-21(30)26-11-9-25(10-12-26)19(28)14-27-20(29)17-7-2-3-8-18(17)23-24-27/h2-8,13H,9-12,14H2,1H3,(H,22,30). The Hall–Kier alpha value is -3.75. The molecule has 1 aromatic heterocycles. The minimum absolute atomic E-state index is 0.174. The minimum atomic E-state index is -0.342. The van der Waals surface area contributed by atoms with Crippen molar-refractivity contribution in [3.05, 3.63) is 64.4 Å². The maximum atomic E-state index is 12.6. The van der Waals surface area contributed by atoms with Gasteiger partial charge in [-0.15, -0.1) is 5.10 Å². The molecule has 0 spiro atoms. The van der Waals surface area contributed by atoms with E-state index in [2.05, 4.69) is 15.6 Å². The van der Waals surface area contributed by atoms with Gasteiger partial charge in [0, 0.05) is 31.9 Å². The third kappa shape index (κ3) is 4.14. The summed E-state index contributed by atoms with van der Waals surface area (Å²) in [6.07, 6.45) is 0. The highest BCUT2D eigenvalue weighted by atomic mass is 16.2. The largest absolute Gasteiger partial charge is 0.338 e. The SMILES string of the molecule is Cc1cccc(NC(=O)N2CCN(C(=O)Cn3nnc4ccccc4c3=O)CC2)c1. The van der Waals surface area contributed by atoms with Crippen LogP contribution in [0.15, 0.2) is 53.3 Å². The molecule has 0 saturated carbocycles. The molecule has 1 aliphatic rings. The van der Waals surface area contributed by atoms with Gasteiger partial charge in [0.1, 0.15) is 12.1 Å². The zero-order valence-electron chi connectivity index (χ0n) is 16.6. The summed E-state index contributed by atoms with van der Waals surface area (Å²) in [6.45, 7) is 3.42. The number of fused-ring (bicyclic) bond motifs is 1. The van der Waals surface area contributed by atoms with Crippen molar-refractivity contribution >= 4 is 28.5 Å². The first-order valence-corrected chi connectivity index (χ1v) is 9.74. The second-order valence-corrected chi connectivity index (χ2v) is 7.24. The molecule has 1 aliphatic heterocycles. The average Bonchev–Trinajstić information content (AvgIpc) is 2.76. The van der Waals surface area contributed by atoms with Crippen molar-refractivity contribution in [1.82, 2.24) is 24.8 Å². The molecule has 1 N–H and O–H groups in total. The number of amides is 3. The van der Waals surface area contributed by atoms with Gasteiger partial charge >= 0.3 is 6.03 Å². The Bertz CT molecular complexity index is 1150. The van der Waals surface area contributed by atoms with Gasteiger partial charge in [-0.05, 0) is 36.8 Å². The molecule has 4 rings (SSSR count). The maximum Gasteiger partial charge on any atom is 0.321 e. The van der Waals surface area contributed by atoms with Gasteiger partial charge in [-0.2, -0.15) is 0 Å². The Kier molecular flexibility index (Phi) is 5.42. The number of benzene rings is 2. The summed E-state index contributed by atoms with van der Waals surface area (Å²) >= 11 is 0. The Labute approximate surface area is 172 Å². The van der Waals surface area contributed by atoms with Gasteiger partial charge in [0.15, 0.2) is 0 Å². The molecule has 154 valence electrons. The second kappa shape index (κ2) is 8.32. The number of urea groups is 1. The molecule has 3 aromatic rings. The normalized spacial score (nSPS) is 14.0. The number of rotatable bonds is 3. The predicted octanol–water partition coefficient (Wildman–Crippen LogP) is 1.48. The molecule has 0 radical (unpaired) electrons. The van der Waals surface area contributed by atoms with Crippen molar-refractivity contribution in [2.24, 2.45) is 0 Å². The van der Waals surface area contributed by atoms with Crippen molar-refractivity contribution in [3.63, 3.8) is 0 Å². The van der Waals surface area contributed by atoms with E-state index in [4.69, 9.17) is 0 Å². The van der Waals surface area contributed by atoms with Gasteiger partial charge in [0.2, 0.25) is 5.91 Å². The van der Waals surface area contributed by atoms with Crippen molar-refractivity contribution in [3.8, 4) is 0 Å². The van der Waals surface area contributed by atoms with Gasteiger partial charge in [-0.25, -0.2) is 9.48 Å². The minimum Gasteiger partial charge on any atom is -0.338 e. The summed E-state index contributed by atoms with van der Waals surface area (Å²) in [7, 11) is 0. The van der Waals surface area contributed by atoms with Gasteiger partial charge in [-0.1, -0.05) is 29.5 Å². The van der Waals surface area contributed by atoms with Crippen LogP contribution in [0, 0.1) is 6.92 Å². The van der Waals surface area contributed by atoms with Crippen LogP contribution in [0.4, 0.5) is 10.5 Å². The molecule has 1 fully saturated rings. The number of nitrogens with zero attached hydrogens (tertiary/aromatic N) is 5. The van der Waals surface area contributed by atoms with E-state index in [1.165, 1.54) is 0 Å². The van der Waals surface area contributed by atoms with Gasteiger partial charge in [0.05, 0.1) is 5.39 Å². The third-order valence-corrected chi connectivity index (χ3v) is 5.10. The fraction of sp³-hybridized carbons (Fsp3) is 0.286. The van der Waals surface area contributed by atoms with Crippen LogP contribution in [0.1, 0.15) is 5.56 Å². The molecule has 1 saturated heterocycles. The van der Waals surface area contributed by atoms with E-state index in [0.29, 0.717) is 37.1 Å². The first-order chi connectivity index (χ1) is 14.5. The molecular formula is C21H22N6O3. The number of aryl methyl sites for hydroxylation is 1. The van der Waals surface area contributed by atoms with Gasteiger partial charge in [-0.3, -0.25) is 9.59 Å². The molecule has 2 heterocycles. The van der Waals surface area contributed by atoms with E-state index in [1.807, 2.05) is 31.2 Å². The van der Waals surface area contributed by atoms with Crippen molar-refractivity contribution in [2.75, 3.05) is 31.5 Å². The summed E-state index contributed by atoms with van der Waals surface area (Å²) < 4.78 is 1.08. The lowest BCUT2D eigenvalue weighted by molar-refractivity contribution is -0.133. The molecule has 9 nitrogen and oxygen atoms in total. The van der Waals surface area contributed by atoms with Crippen LogP contribution in [0.3, 0.4) is 0 Å². The highest BCUT2D eigenvalue weighted by Gasteiger charge is 2.25. The molecule has 2 aromatic carbocycles. The zero-order chi connectivity index (χ0) is 21.1. The van der Waals surface area contributed by atoms with Crippen LogP contribution in [0.2, 0.25) is 0 Å². The molecule has 0 atom stereocenters. The van der Waals surface area contributed by atoms with Crippen LogP contribution in [-0.4, -0.2) is 62.9 Å². The zero-order valence-corrected chi connectivity index (χ0v) is 16.6. The molecule has 3 amide bonds. The van der Waals surface area contributed by atoms with E-state index in [1.54, 1.807) is 34.1 Å². The smallest absolute Gasteiger partial charge is 0.321 e. The number of hydrogen-bond acceptors (Lipinski definition) is 5. The number of piperazine rings is 1. The average molecular weight is 406 g/mol. The first-order valence-electron chi connectivity index (χ1n) is 9.74. The fourth-order valence-electron chi connectivity index (χ4n) is 3.44. The predicted molar refractivity (Wildman–Crippen MR) is 112 cm³/mol. The maximum absolute atomic E-state index is 12.6. The number of carbonyl (C=O) groups is 2. The molecule has 30 heavy (non-hydrogen) atoms. The Balaban J connectivity index is 1.35. The van der Waals surface area contributed by atoms with E-state index in [0.717, 1.165) is 15.9 Å². The quantitative estimate of drug-likeness (QED) is 0.710.